The SMILES string of the molecule is Cc1nc(N2CCC(N3CCOCC3)CC2)c(Cl)c(=O)[nH]1. The molecule has 0 aliphatic carbocycles. The molecular weight excluding hydrogens is 292 g/mol. The van der Waals surface area contributed by atoms with E-state index >= 15 is 0 Å². The zero-order valence-electron chi connectivity index (χ0n) is 12.3. The van der Waals surface area contributed by atoms with Crippen molar-refractivity contribution in [2.24, 2.45) is 0 Å². The molecule has 1 aromatic heterocycles. The summed E-state index contributed by atoms with van der Waals surface area (Å²) in [5.74, 6) is 1.23. The Morgan fingerprint density at radius 2 is 1.90 bits per heavy atom. The van der Waals surface area contributed by atoms with Crippen molar-refractivity contribution < 1.29 is 4.74 Å². The first-order valence-electron chi connectivity index (χ1n) is 7.48. The Morgan fingerprint density at radius 1 is 1.24 bits per heavy atom. The molecule has 0 saturated carbocycles. The van der Waals surface area contributed by atoms with Gasteiger partial charge in [-0.3, -0.25) is 9.69 Å². The Morgan fingerprint density at radius 3 is 2.57 bits per heavy atom. The molecule has 6 nitrogen and oxygen atoms in total. The van der Waals surface area contributed by atoms with E-state index in [0.717, 1.165) is 52.2 Å². The highest BCUT2D eigenvalue weighted by atomic mass is 35.5. The average molecular weight is 313 g/mol. The predicted molar refractivity (Wildman–Crippen MR) is 82.2 cm³/mol. The van der Waals surface area contributed by atoms with Crippen LogP contribution in [0, 0.1) is 6.92 Å². The predicted octanol–water partition coefficient (Wildman–Crippen LogP) is 1.03. The van der Waals surface area contributed by atoms with Crippen LogP contribution in [0.2, 0.25) is 5.02 Å². The number of aromatic amines is 1. The Kier molecular flexibility index (Phi) is 4.47. The van der Waals surface area contributed by atoms with Gasteiger partial charge < -0.3 is 14.6 Å². The minimum absolute atomic E-state index is 0.199. The summed E-state index contributed by atoms with van der Waals surface area (Å²) in [6.07, 6.45) is 2.15. The third kappa shape index (κ3) is 3.22. The molecule has 1 aromatic rings. The number of aromatic nitrogens is 2. The molecule has 7 heteroatoms. The Bertz CT molecular complexity index is 548. The van der Waals surface area contributed by atoms with Gasteiger partial charge in [0.2, 0.25) is 0 Å². The van der Waals surface area contributed by atoms with Crippen molar-refractivity contribution in [3.8, 4) is 0 Å². The quantitative estimate of drug-likeness (QED) is 0.884. The number of nitrogens with one attached hydrogen (secondary N) is 1. The number of halogens is 1. The first-order valence-corrected chi connectivity index (χ1v) is 7.86. The van der Waals surface area contributed by atoms with Crippen LogP contribution in [0.15, 0.2) is 4.79 Å². The highest BCUT2D eigenvalue weighted by molar-refractivity contribution is 6.32. The number of hydrogen-bond acceptors (Lipinski definition) is 5. The Hall–Kier alpha value is -1.11. The van der Waals surface area contributed by atoms with Gasteiger partial charge in [-0.2, -0.15) is 0 Å². The lowest BCUT2D eigenvalue weighted by atomic mass is 10.0. The number of ether oxygens (including phenoxy) is 1. The molecule has 0 aromatic carbocycles. The van der Waals surface area contributed by atoms with E-state index in [-0.39, 0.29) is 10.6 Å². The lowest BCUT2D eigenvalue weighted by Gasteiger charge is -2.40. The molecule has 2 aliphatic rings. The fourth-order valence-corrected chi connectivity index (χ4v) is 3.36. The molecule has 0 bridgehead atoms. The molecule has 2 aliphatic heterocycles. The minimum atomic E-state index is -0.255. The second-order valence-electron chi connectivity index (χ2n) is 5.66. The summed E-state index contributed by atoms with van der Waals surface area (Å²) in [6, 6.07) is 0.604. The third-order valence-electron chi connectivity index (χ3n) is 4.29. The summed E-state index contributed by atoms with van der Waals surface area (Å²) in [5.41, 5.74) is -0.255. The summed E-state index contributed by atoms with van der Waals surface area (Å²) in [6.45, 7) is 7.26. The van der Waals surface area contributed by atoms with Crippen LogP contribution in [0.1, 0.15) is 18.7 Å². The summed E-state index contributed by atoms with van der Waals surface area (Å²) in [7, 11) is 0. The molecule has 0 atom stereocenters. The molecule has 0 radical (unpaired) electrons. The largest absolute Gasteiger partial charge is 0.379 e. The van der Waals surface area contributed by atoms with E-state index < -0.39 is 0 Å². The molecule has 0 amide bonds. The van der Waals surface area contributed by atoms with Crippen molar-refractivity contribution >= 4 is 17.4 Å². The second kappa shape index (κ2) is 6.34. The Labute approximate surface area is 129 Å². The first-order chi connectivity index (χ1) is 10.1. The molecule has 2 saturated heterocycles. The maximum atomic E-state index is 11.7. The van der Waals surface area contributed by atoms with Crippen LogP contribution in [-0.2, 0) is 4.74 Å². The van der Waals surface area contributed by atoms with Gasteiger partial charge in [-0.15, -0.1) is 0 Å². The van der Waals surface area contributed by atoms with Crippen molar-refractivity contribution in [3.63, 3.8) is 0 Å². The van der Waals surface area contributed by atoms with Crippen LogP contribution >= 0.6 is 11.6 Å². The van der Waals surface area contributed by atoms with Gasteiger partial charge in [-0.05, 0) is 19.8 Å². The summed E-state index contributed by atoms with van der Waals surface area (Å²) >= 11 is 6.11. The fraction of sp³-hybridized carbons (Fsp3) is 0.714. The standard InChI is InChI=1S/C14H21ClN4O2/c1-10-16-13(12(15)14(20)17-10)19-4-2-11(3-5-19)18-6-8-21-9-7-18/h11H,2-9H2,1H3,(H,16,17,20). The number of rotatable bonds is 2. The maximum absolute atomic E-state index is 11.7. The highest BCUT2D eigenvalue weighted by Gasteiger charge is 2.27. The Balaban J connectivity index is 1.67. The van der Waals surface area contributed by atoms with Crippen LogP contribution in [0.3, 0.4) is 0 Å². The van der Waals surface area contributed by atoms with Crippen LogP contribution in [0.4, 0.5) is 5.82 Å². The van der Waals surface area contributed by atoms with Crippen LogP contribution in [0.25, 0.3) is 0 Å². The van der Waals surface area contributed by atoms with Crippen LogP contribution in [0.5, 0.6) is 0 Å². The minimum Gasteiger partial charge on any atom is -0.379 e. The molecule has 1 N–H and O–H groups in total. The number of aryl methyl sites for hydroxylation is 1. The van der Waals surface area contributed by atoms with E-state index in [9.17, 15) is 4.79 Å². The molecule has 116 valence electrons. The van der Waals surface area contributed by atoms with Crippen molar-refractivity contribution in [1.29, 1.82) is 0 Å². The number of H-pyrrole nitrogens is 1. The second-order valence-corrected chi connectivity index (χ2v) is 6.03. The number of piperidine rings is 1. The zero-order chi connectivity index (χ0) is 14.8. The van der Waals surface area contributed by atoms with E-state index in [1.165, 1.54) is 0 Å². The van der Waals surface area contributed by atoms with Gasteiger partial charge in [0.1, 0.15) is 10.8 Å². The molecule has 3 rings (SSSR count). The number of hydrogen-bond donors (Lipinski definition) is 1. The molecule has 21 heavy (non-hydrogen) atoms. The van der Waals surface area contributed by atoms with E-state index in [4.69, 9.17) is 16.3 Å². The van der Waals surface area contributed by atoms with Gasteiger partial charge in [0, 0.05) is 32.2 Å². The normalized spacial score (nSPS) is 21.7. The fourth-order valence-electron chi connectivity index (χ4n) is 3.15. The lowest BCUT2D eigenvalue weighted by Crippen LogP contribution is -2.49. The van der Waals surface area contributed by atoms with Gasteiger partial charge in [0.25, 0.3) is 5.56 Å². The maximum Gasteiger partial charge on any atom is 0.271 e. The van der Waals surface area contributed by atoms with E-state index in [1.54, 1.807) is 6.92 Å². The molecule has 0 unspecified atom stereocenters. The van der Waals surface area contributed by atoms with Crippen LogP contribution in [-0.4, -0.2) is 60.3 Å². The van der Waals surface area contributed by atoms with E-state index in [2.05, 4.69) is 19.8 Å². The van der Waals surface area contributed by atoms with Crippen molar-refractivity contribution in [2.45, 2.75) is 25.8 Å². The number of nitrogens with zero attached hydrogens (tertiary/aromatic N) is 3. The number of anilines is 1. The van der Waals surface area contributed by atoms with Gasteiger partial charge >= 0.3 is 0 Å². The molecule has 3 heterocycles. The molecule has 2 fully saturated rings. The van der Waals surface area contributed by atoms with Crippen molar-refractivity contribution in [2.75, 3.05) is 44.3 Å². The van der Waals surface area contributed by atoms with Crippen LogP contribution < -0.4 is 10.5 Å². The molecular formula is C14H21ClN4O2. The van der Waals surface area contributed by atoms with Gasteiger partial charge in [0.05, 0.1) is 13.2 Å². The van der Waals surface area contributed by atoms with Gasteiger partial charge in [-0.25, -0.2) is 4.98 Å². The van der Waals surface area contributed by atoms with E-state index in [0.29, 0.717) is 17.7 Å². The number of morpholine rings is 1. The van der Waals surface area contributed by atoms with Gasteiger partial charge in [0.15, 0.2) is 5.82 Å². The summed E-state index contributed by atoms with van der Waals surface area (Å²) < 4.78 is 5.41. The summed E-state index contributed by atoms with van der Waals surface area (Å²) in [4.78, 5) is 23.4. The van der Waals surface area contributed by atoms with Gasteiger partial charge in [-0.1, -0.05) is 11.6 Å². The zero-order valence-corrected chi connectivity index (χ0v) is 13.0. The van der Waals surface area contributed by atoms with E-state index in [1.807, 2.05) is 0 Å². The molecule has 0 spiro atoms. The smallest absolute Gasteiger partial charge is 0.271 e. The first kappa shape index (κ1) is 14.8. The summed E-state index contributed by atoms with van der Waals surface area (Å²) in [5, 5.41) is 0.199. The topological polar surface area (TPSA) is 61.5 Å². The monoisotopic (exact) mass is 312 g/mol. The van der Waals surface area contributed by atoms with Crippen molar-refractivity contribution in [1.82, 2.24) is 14.9 Å². The average Bonchev–Trinajstić information content (AvgIpc) is 2.52. The third-order valence-corrected chi connectivity index (χ3v) is 4.63. The highest BCUT2D eigenvalue weighted by Crippen LogP contribution is 2.25. The lowest BCUT2D eigenvalue weighted by molar-refractivity contribution is 0.0115. The van der Waals surface area contributed by atoms with Crippen molar-refractivity contribution in [3.05, 3.63) is 21.2 Å².